The first-order valence-corrected chi connectivity index (χ1v) is 7.61. The molecule has 0 spiro atoms. The fraction of sp³-hybridized carbons (Fsp3) is 0.500. The summed E-state index contributed by atoms with van der Waals surface area (Å²) in [7, 11) is 1.87. The second-order valence-corrected chi connectivity index (χ2v) is 6.34. The van der Waals surface area contributed by atoms with Gasteiger partial charge in [0, 0.05) is 36.9 Å². The molecule has 0 aromatic carbocycles. The molecular formula is C14H21N5S. The van der Waals surface area contributed by atoms with Gasteiger partial charge in [-0.25, -0.2) is 15.0 Å². The van der Waals surface area contributed by atoms with E-state index in [1.807, 2.05) is 18.6 Å². The van der Waals surface area contributed by atoms with Crippen molar-refractivity contribution in [3.05, 3.63) is 28.5 Å². The summed E-state index contributed by atoms with van der Waals surface area (Å²) in [5.74, 6) is 2.52. The number of anilines is 2. The lowest BCUT2D eigenvalue weighted by Crippen LogP contribution is -2.18. The van der Waals surface area contributed by atoms with Gasteiger partial charge in [-0.2, -0.15) is 0 Å². The average Bonchev–Trinajstić information content (AvgIpc) is 2.90. The van der Waals surface area contributed by atoms with Crippen LogP contribution in [0.5, 0.6) is 0 Å². The maximum absolute atomic E-state index is 4.59. The standard InChI is InChI=1S/C14H21N5S/c1-14(2,3)13-18-11(15-4)7-12(19-13)16-6-5-10-8-20-9-17-10/h7-9H,5-6H2,1-4H3,(H2,15,16,18,19). The number of thiazole rings is 1. The molecule has 0 bridgehead atoms. The first kappa shape index (κ1) is 14.7. The van der Waals surface area contributed by atoms with Crippen molar-refractivity contribution in [2.24, 2.45) is 0 Å². The van der Waals surface area contributed by atoms with Gasteiger partial charge in [0.05, 0.1) is 11.2 Å². The van der Waals surface area contributed by atoms with E-state index in [0.717, 1.165) is 36.1 Å². The third-order valence-corrected chi connectivity index (χ3v) is 3.46. The van der Waals surface area contributed by atoms with Crippen molar-refractivity contribution >= 4 is 23.0 Å². The molecule has 0 atom stereocenters. The Morgan fingerprint density at radius 1 is 1.20 bits per heavy atom. The summed E-state index contributed by atoms with van der Waals surface area (Å²) in [6.07, 6.45) is 0.896. The molecule has 108 valence electrons. The third-order valence-electron chi connectivity index (χ3n) is 2.82. The fourth-order valence-corrected chi connectivity index (χ4v) is 2.27. The number of aromatic nitrogens is 3. The molecule has 0 saturated carbocycles. The lowest BCUT2D eigenvalue weighted by atomic mass is 9.96. The van der Waals surface area contributed by atoms with Crippen molar-refractivity contribution in [3.63, 3.8) is 0 Å². The van der Waals surface area contributed by atoms with Crippen molar-refractivity contribution in [2.75, 3.05) is 24.2 Å². The Labute approximate surface area is 123 Å². The molecule has 2 heterocycles. The van der Waals surface area contributed by atoms with E-state index in [9.17, 15) is 0 Å². The highest BCUT2D eigenvalue weighted by atomic mass is 32.1. The molecular weight excluding hydrogens is 270 g/mol. The molecule has 0 aliphatic carbocycles. The third kappa shape index (κ3) is 3.90. The molecule has 0 fully saturated rings. The van der Waals surface area contributed by atoms with Gasteiger partial charge in [-0.15, -0.1) is 11.3 Å². The number of nitrogens with one attached hydrogen (secondary N) is 2. The van der Waals surface area contributed by atoms with Gasteiger partial charge in [0.2, 0.25) is 0 Å². The minimum atomic E-state index is -0.0712. The first-order valence-electron chi connectivity index (χ1n) is 6.67. The molecule has 0 unspecified atom stereocenters. The second kappa shape index (κ2) is 6.17. The van der Waals surface area contributed by atoms with Crippen LogP contribution in [0.15, 0.2) is 17.0 Å². The molecule has 0 aliphatic heterocycles. The highest BCUT2D eigenvalue weighted by Crippen LogP contribution is 2.22. The zero-order valence-corrected chi connectivity index (χ0v) is 13.2. The van der Waals surface area contributed by atoms with Crippen molar-refractivity contribution in [1.29, 1.82) is 0 Å². The summed E-state index contributed by atoms with van der Waals surface area (Å²) in [4.78, 5) is 13.4. The van der Waals surface area contributed by atoms with Gasteiger partial charge in [0.15, 0.2) is 0 Å². The lowest BCUT2D eigenvalue weighted by molar-refractivity contribution is 0.546. The molecule has 0 aliphatic rings. The zero-order valence-electron chi connectivity index (χ0n) is 12.4. The van der Waals surface area contributed by atoms with Gasteiger partial charge in [-0.3, -0.25) is 0 Å². The minimum Gasteiger partial charge on any atom is -0.373 e. The molecule has 0 radical (unpaired) electrons. The summed E-state index contributed by atoms with van der Waals surface area (Å²) in [5.41, 5.74) is 2.90. The van der Waals surface area contributed by atoms with Crippen LogP contribution in [0.2, 0.25) is 0 Å². The van der Waals surface area contributed by atoms with E-state index in [-0.39, 0.29) is 5.41 Å². The molecule has 20 heavy (non-hydrogen) atoms. The molecule has 5 nitrogen and oxygen atoms in total. The Morgan fingerprint density at radius 3 is 2.55 bits per heavy atom. The van der Waals surface area contributed by atoms with Crippen LogP contribution in [-0.2, 0) is 11.8 Å². The Hall–Kier alpha value is -1.69. The van der Waals surface area contributed by atoms with E-state index in [4.69, 9.17) is 0 Å². The Morgan fingerprint density at radius 2 is 1.95 bits per heavy atom. The molecule has 2 rings (SSSR count). The Bertz CT molecular complexity index is 545. The van der Waals surface area contributed by atoms with Crippen molar-refractivity contribution < 1.29 is 0 Å². The topological polar surface area (TPSA) is 62.7 Å². The maximum atomic E-state index is 4.59. The van der Waals surface area contributed by atoms with Gasteiger partial charge in [-0.05, 0) is 0 Å². The van der Waals surface area contributed by atoms with Crippen LogP contribution >= 0.6 is 11.3 Å². The summed E-state index contributed by atoms with van der Waals surface area (Å²) in [6, 6.07) is 1.93. The summed E-state index contributed by atoms with van der Waals surface area (Å²) in [6.45, 7) is 7.15. The molecule has 6 heteroatoms. The van der Waals surface area contributed by atoms with E-state index in [1.54, 1.807) is 11.3 Å². The molecule has 2 aromatic heterocycles. The Kier molecular flexibility index (Phi) is 4.54. The lowest BCUT2D eigenvalue weighted by Gasteiger charge is -2.18. The highest BCUT2D eigenvalue weighted by molar-refractivity contribution is 7.07. The number of rotatable bonds is 5. The maximum Gasteiger partial charge on any atom is 0.138 e. The van der Waals surface area contributed by atoms with Crippen LogP contribution in [0.1, 0.15) is 32.3 Å². The van der Waals surface area contributed by atoms with Crippen LogP contribution < -0.4 is 10.6 Å². The van der Waals surface area contributed by atoms with E-state index in [2.05, 4.69) is 51.7 Å². The largest absolute Gasteiger partial charge is 0.373 e. The van der Waals surface area contributed by atoms with Gasteiger partial charge in [0.1, 0.15) is 17.5 Å². The predicted molar refractivity (Wildman–Crippen MR) is 84.6 cm³/mol. The van der Waals surface area contributed by atoms with Gasteiger partial charge in [-0.1, -0.05) is 20.8 Å². The molecule has 2 aromatic rings. The fourth-order valence-electron chi connectivity index (χ4n) is 1.68. The van der Waals surface area contributed by atoms with E-state index >= 15 is 0 Å². The van der Waals surface area contributed by atoms with E-state index in [1.165, 1.54) is 0 Å². The van der Waals surface area contributed by atoms with Crippen LogP contribution in [0.3, 0.4) is 0 Å². The highest BCUT2D eigenvalue weighted by Gasteiger charge is 2.18. The van der Waals surface area contributed by atoms with Crippen molar-refractivity contribution in [2.45, 2.75) is 32.6 Å². The van der Waals surface area contributed by atoms with Crippen molar-refractivity contribution in [1.82, 2.24) is 15.0 Å². The number of hydrogen-bond acceptors (Lipinski definition) is 6. The SMILES string of the molecule is CNc1cc(NCCc2cscn2)nc(C(C)(C)C)n1. The predicted octanol–water partition coefficient (Wildman–Crippen LogP) is 2.93. The zero-order chi connectivity index (χ0) is 14.6. The summed E-state index contributed by atoms with van der Waals surface area (Å²) in [5, 5.41) is 8.50. The van der Waals surface area contributed by atoms with Gasteiger partial charge < -0.3 is 10.6 Å². The van der Waals surface area contributed by atoms with Crippen LogP contribution in [0, 0.1) is 0 Å². The second-order valence-electron chi connectivity index (χ2n) is 5.62. The summed E-state index contributed by atoms with van der Waals surface area (Å²) >= 11 is 1.62. The summed E-state index contributed by atoms with van der Waals surface area (Å²) < 4.78 is 0. The van der Waals surface area contributed by atoms with Crippen LogP contribution in [0.4, 0.5) is 11.6 Å². The van der Waals surface area contributed by atoms with E-state index in [0.29, 0.717) is 0 Å². The number of hydrogen-bond donors (Lipinski definition) is 2. The number of nitrogens with zero attached hydrogens (tertiary/aromatic N) is 3. The quantitative estimate of drug-likeness (QED) is 0.887. The first-order chi connectivity index (χ1) is 9.49. The molecule has 0 amide bonds. The van der Waals surface area contributed by atoms with Gasteiger partial charge >= 0.3 is 0 Å². The smallest absolute Gasteiger partial charge is 0.138 e. The monoisotopic (exact) mass is 291 g/mol. The molecule has 2 N–H and O–H groups in total. The van der Waals surface area contributed by atoms with Crippen LogP contribution in [0.25, 0.3) is 0 Å². The normalized spacial score (nSPS) is 11.4. The average molecular weight is 291 g/mol. The van der Waals surface area contributed by atoms with Crippen LogP contribution in [-0.4, -0.2) is 28.5 Å². The van der Waals surface area contributed by atoms with E-state index < -0.39 is 0 Å². The van der Waals surface area contributed by atoms with Gasteiger partial charge in [0.25, 0.3) is 0 Å². The minimum absolute atomic E-state index is 0.0712. The van der Waals surface area contributed by atoms with Crippen molar-refractivity contribution in [3.8, 4) is 0 Å². The Balaban J connectivity index is 2.06. The molecule has 0 saturated heterocycles.